The molecule has 2 aromatic rings. The molecule has 19 heavy (non-hydrogen) atoms. The van der Waals surface area contributed by atoms with Gasteiger partial charge in [-0.05, 0) is 41.5 Å². The second kappa shape index (κ2) is 6.85. The SMILES string of the molecule is O=S(=O)([O-])c1ccc(-c2cc(Br)ccc2Br)cc1.[Na+]. The number of benzene rings is 2. The molecular weight excluding hydrogens is 407 g/mol. The van der Waals surface area contributed by atoms with Crippen LogP contribution in [-0.4, -0.2) is 13.0 Å². The van der Waals surface area contributed by atoms with Crippen LogP contribution in [0.1, 0.15) is 0 Å². The normalized spacial score (nSPS) is 10.9. The molecule has 0 aliphatic heterocycles. The Morgan fingerprint density at radius 3 is 2.05 bits per heavy atom. The maximum absolute atomic E-state index is 10.8. The Labute approximate surface area is 150 Å². The molecule has 0 amide bonds. The zero-order chi connectivity index (χ0) is 13.3. The molecule has 0 radical (unpaired) electrons. The van der Waals surface area contributed by atoms with Crippen molar-refractivity contribution in [3.63, 3.8) is 0 Å². The number of halogens is 2. The maximum atomic E-state index is 10.8. The van der Waals surface area contributed by atoms with Gasteiger partial charge in [0, 0.05) is 8.95 Å². The molecule has 0 saturated heterocycles. The summed E-state index contributed by atoms with van der Waals surface area (Å²) in [5, 5.41) is 0. The van der Waals surface area contributed by atoms with Crippen molar-refractivity contribution in [3.05, 3.63) is 51.4 Å². The predicted molar refractivity (Wildman–Crippen MR) is 75.2 cm³/mol. The first-order valence-corrected chi connectivity index (χ1v) is 7.89. The molecule has 7 heteroatoms. The monoisotopic (exact) mass is 412 g/mol. The average Bonchev–Trinajstić information content (AvgIpc) is 2.31. The maximum Gasteiger partial charge on any atom is 1.00 e. The van der Waals surface area contributed by atoms with Crippen molar-refractivity contribution in [2.75, 3.05) is 0 Å². The molecule has 0 saturated carbocycles. The third kappa shape index (κ3) is 4.39. The van der Waals surface area contributed by atoms with Crippen molar-refractivity contribution in [1.29, 1.82) is 0 Å². The Bertz CT molecular complexity index is 685. The molecule has 0 unspecified atom stereocenters. The molecule has 2 aromatic carbocycles. The minimum absolute atomic E-state index is 0. The topological polar surface area (TPSA) is 57.2 Å². The molecule has 0 aliphatic carbocycles. The van der Waals surface area contributed by atoms with Crippen LogP contribution in [0.4, 0.5) is 0 Å². The predicted octanol–water partition coefficient (Wildman–Crippen LogP) is 0.787. The van der Waals surface area contributed by atoms with E-state index in [1.165, 1.54) is 12.1 Å². The van der Waals surface area contributed by atoms with Gasteiger partial charge >= 0.3 is 29.6 Å². The molecule has 0 fully saturated rings. The van der Waals surface area contributed by atoms with Crippen LogP contribution in [0.5, 0.6) is 0 Å². The van der Waals surface area contributed by atoms with Crippen LogP contribution in [0.2, 0.25) is 0 Å². The van der Waals surface area contributed by atoms with E-state index in [9.17, 15) is 13.0 Å². The zero-order valence-corrected chi connectivity index (χ0v) is 15.9. The Kier molecular flexibility index (Phi) is 6.26. The fourth-order valence-corrected chi connectivity index (χ4v) is 2.83. The summed E-state index contributed by atoms with van der Waals surface area (Å²) in [7, 11) is -4.39. The van der Waals surface area contributed by atoms with Gasteiger partial charge in [-0.15, -0.1) is 0 Å². The quantitative estimate of drug-likeness (QED) is 0.540. The molecule has 3 nitrogen and oxygen atoms in total. The second-order valence-electron chi connectivity index (χ2n) is 3.60. The van der Waals surface area contributed by atoms with Crippen LogP contribution in [0.25, 0.3) is 11.1 Å². The summed E-state index contributed by atoms with van der Waals surface area (Å²) in [5.41, 5.74) is 1.75. The van der Waals surface area contributed by atoms with Crippen LogP contribution in [0.15, 0.2) is 56.3 Å². The summed E-state index contributed by atoms with van der Waals surface area (Å²) >= 11 is 6.80. The van der Waals surface area contributed by atoms with E-state index in [1.54, 1.807) is 12.1 Å². The van der Waals surface area contributed by atoms with E-state index in [2.05, 4.69) is 31.9 Å². The van der Waals surface area contributed by atoms with Crippen LogP contribution < -0.4 is 29.6 Å². The van der Waals surface area contributed by atoms with E-state index in [0.717, 1.165) is 20.1 Å². The molecule has 0 heterocycles. The van der Waals surface area contributed by atoms with Gasteiger partial charge in [0.25, 0.3) is 0 Å². The molecule has 0 atom stereocenters. The second-order valence-corrected chi connectivity index (χ2v) is 6.75. The smallest absolute Gasteiger partial charge is 0.744 e. The fraction of sp³-hybridized carbons (Fsp3) is 0. The van der Waals surface area contributed by atoms with E-state index in [1.807, 2.05) is 18.2 Å². The number of hydrogen-bond donors (Lipinski definition) is 0. The average molecular weight is 414 g/mol. The van der Waals surface area contributed by atoms with Crippen molar-refractivity contribution < 1.29 is 42.5 Å². The molecule has 0 bridgehead atoms. The summed E-state index contributed by atoms with van der Waals surface area (Å²) in [5.74, 6) is 0. The zero-order valence-electron chi connectivity index (χ0n) is 9.93. The minimum atomic E-state index is -4.39. The van der Waals surface area contributed by atoms with Crippen LogP contribution in [0, 0.1) is 0 Å². The fourth-order valence-electron chi connectivity index (χ4n) is 1.52. The molecule has 0 N–H and O–H groups in total. The van der Waals surface area contributed by atoms with Gasteiger partial charge in [0.15, 0.2) is 0 Å². The van der Waals surface area contributed by atoms with Gasteiger partial charge in [-0.3, -0.25) is 0 Å². The van der Waals surface area contributed by atoms with Crippen LogP contribution in [-0.2, 0) is 10.1 Å². The minimum Gasteiger partial charge on any atom is -0.744 e. The summed E-state index contributed by atoms with van der Waals surface area (Å²) < 4.78 is 34.3. The van der Waals surface area contributed by atoms with Gasteiger partial charge in [0.1, 0.15) is 10.1 Å². The van der Waals surface area contributed by atoms with Crippen molar-refractivity contribution in [1.82, 2.24) is 0 Å². The summed E-state index contributed by atoms with van der Waals surface area (Å²) in [6.45, 7) is 0. The number of hydrogen-bond acceptors (Lipinski definition) is 3. The summed E-state index contributed by atoms with van der Waals surface area (Å²) in [6.07, 6.45) is 0. The van der Waals surface area contributed by atoms with E-state index in [-0.39, 0.29) is 34.5 Å². The van der Waals surface area contributed by atoms with Crippen molar-refractivity contribution in [2.24, 2.45) is 0 Å². The summed E-state index contributed by atoms with van der Waals surface area (Å²) in [4.78, 5) is -0.225. The Morgan fingerprint density at radius 2 is 1.53 bits per heavy atom. The molecular formula is C12H7Br2NaO3S. The van der Waals surface area contributed by atoms with Gasteiger partial charge in [-0.25, -0.2) is 8.42 Å². The van der Waals surface area contributed by atoms with Crippen molar-refractivity contribution in [2.45, 2.75) is 4.90 Å². The van der Waals surface area contributed by atoms with Crippen LogP contribution in [0.3, 0.4) is 0 Å². The Morgan fingerprint density at radius 1 is 0.947 bits per heavy atom. The van der Waals surface area contributed by atoms with Crippen molar-refractivity contribution in [3.8, 4) is 11.1 Å². The molecule has 2 rings (SSSR count). The van der Waals surface area contributed by atoms with Gasteiger partial charge in [0.05, 0.1) is 4.90 Å². The van der Waals surface area contributed by atoms with E-state index in [0.29, 0.717) is 0 Å². The van der Waals surface area contributed by atoms with E-state index < -0.39 is 10.1 Å². The molecule has 0 aromatic heterocycles. The largest absolute Gasteiger partial charge is 1.00 e. The first kappa shape index (κ1) is 17.4. The molecule has 0 spiro atoms. The number of rotatable bonds is 2. The van der Waals surface area contributed by atoms with E-state index in [4.69, 9.17) is 0 Å². The molecule has 94 valence electrons. The van der Waals surface area contributed by atoms with Gasteiger partial charge < -0.3 is 4.55 Å². The van der Waals surface area contributed by atoms with Crippen LogP contribution >= 0.6 is 31.9 Å². The van der Waals surface area contributed by atoms with Gasteiger partial charge in [-0.2, -0.15) is 0 Å². The Hall–Kier alpha value is 0.310. The summed E-state index contributed by atoms with van der Waals surface area (Å²) in [6, 6.07) is 11.5. The van der Waals surface area contributed by atoms with Gasteiger partial charge in [0.2, 0.25) is 0 Å². The molecule has 0 aliphatic rings. The van der Waals surface area contributed by atoms with Gasteiger partial charge in [-0.1, -0.05) is 44.0 Å². The third-order valence-corrected chi connectivity index (χ3v) is 4.42. The first-order chi connectivity index (χ1) is 8.38. The van der Waals surface area contributed by atoms with Crippen molar-refractivity contribution >= 4 is 42.0 Å². The standard InChI is InChI=1S/C12H8Br2O3S.Na/c13-9-3-6-12(14)11(7-9)8-1-4-10(5-2-8)18(15,16)17;/h1-7H,(H,15,16,17);/q;+1/p-1. The third-order valence-electron chi connectivity index (χ3n) is 2.38. The first-order valence-electron chi connectivity index (χ1n) is 4.89. The Balaban J connectivity index is 0.00000180. The van der Waals surface area contributed by atoms with E-state index >= 15 is 0 Å².